The van der Waals surface area contributed by atoms with Crippen molar-refractivity contribution in [2.24, 2.45) is 5.92 Å². The lowest BCUT2D eigenvalue weighted by Crippen LogP contribution is -2.46. The Morgan fingerprint density at radius 2 is 1.76 bits per heavy atom. The molecule has 4 aliphatic rings. The lowest BCUT2D eigenvalue weighted by Gasteiger charge is -2.39. The molecule has 2 aromatic rings. The zero-order chi connectivity index (χ0) is 29.1. The minimum absolute atomic E-state index is 0.0523. The van der Waals surface area contributed by atoms with Crippen LogP contribution in [0.4, 0.5) is 0 Å². The van der Waals surface area contributed by atoms with Gasteiger partial charge in [-0.15, -0.1) is 0 Å². The summed E-state index contributed by atoms with van der Waals surface area (Å²) in [5.41, 5.74) is 6.99. The fourth-order valence-electron chi connectivity index (χ4n) is 7.37. The molecule has 6 rings (SSSR count). The normalized spacial score (nSPS) is 25.9. The van der Waals surface area contributed by atoms with E-state index >= 15 is 0 Å². The summed E-state index contributed by atoms with van der Waals surface area (Å²) in [6.07, 6.45) is 7.90. The Morgan fingerprint density at radius 3 is 2.41 bits per heavy atom. The zero-order valence-corrected chi connectivity index (χ0v) is 25.3. The minimum Gasteiger partial charge on any atom is -0.448 e. The Hall–Kier alpha value is -3.10. The highest BCUT2D eigenvalue weighted by molar-refractivity contribution is 6.01. The highest BCUT2D eigenvalue weighted by Crippen LogP contribution is 2.54. The standard InChI is InChI=1S/C33H43N3O5/c1-19-17-20(2)34-31(37)26(19)18-36-14-11-25-27(32(36)38)21(3)29-30(28(25)22-12-15-39-16-13-22)41-33(4,40-29)23-7-9-24(10-8-23)35(5)6/h12,17,23-24H,7-11,13-16,18H2,1-6H3,(H,34,37)/t23-,24-,33?. The maximum atomic E-state index is 14.2. The second kappa shape index (κ2) is 10.6. The van der Waals surface area contributed by atoms with Crippen molar-refractivity contribution in [2.75, 3.05) is 33.9 Å². The molecule has 1 aromatic heterocycles. The Labute approximate surface area is 242 Å². The number of pyridine rings is 1. The van der Waals surface area contributed by atoms with Gasteiger partial charge in [0.2, 0.25) is 0 Å². The first-order valence-electron chi connectivity index (χ1n) is 15.1. The van der Waals surface area contributed by atoms with Crippen LogP contribution in [0.15, 0.2) is 16.9 Å². The number of ether oxygens (including phenoxy) is 3. The van der Waals surface area contributed by atoms with Crippen molar-refractivity contribution in [1.82, 2.24) is 14.8 Å². The number of carbonyl (C=O) groups is 1. The number of hydrogen-bond donors (Lipinski definition) is 1. The van der Waals surface area contributed by atoms with Gasteiger partial charge in [-0.05, 0) is 96.2 Å². The molecule has 1 fully saturated rings. The van der Waals surface area contributed by atoms with E-state index in [0.29, 0.717) is 49.1 Å². The molecule has 0 bridgehead atoms. The molecule has 41 heavy (non-hydrogen) atoms. The third-order valence-electron chi connectivity index (χ3n) is 9.79. The van der Waals surface area contributed by atoms with Crippen molar-refractivity contribution >= 4 is 11.5 Å². The van der Waals surface area contributed by atoms with Crippen molar-refractivity contribution in [2.45, 2.75) is 84.6 Å². The number of carbonyl (C=O) groups excluding carboxylic acids is 1. The number of rotatable bonds is 5. The van der Waals surface area contributed by atoms with Gasteiger partial charge in [-0.1, -0.05) is 6.08 Å². The van der Waals surface area contributed by atoms with Gasteiger partial charge in [0, 0.05) is 47.8 Å². The highest BCUT2D eigenvalue weighted by Gasteiger charge is 2.49. The molecule has 1 aromatic carbocycles. The quantitative estimate of drug-likeness (QED) is 0.559. The topological polar surface area (TPSA) is 84.1 Å². The van der Waals surface area contributed by atoms with Crippen LogP contribution in [0.25, 0.3) is 5.57 Å². The number of aryl methyl sites for hydroxylation is 2. The number of hydrogen-bond acceptors (Lipinski definition) is 6. The van der Waals surface area contributed by atoms with E-state index in [1.165, 1.54) is 5.57 Å². The number of aromatic nitrogens is 1. The Bertz CT molecular complexity index is 1470. The van der Waals surface area contributed by atoms with E-state index in [2.05, 4.69) is 37.0 Å². The monoisotopic (exact) mass is 561 g/mol. The van der Waals surface area contributed by atoms with Crippen molar-refractivity contribution in [3.8, 4) is 11.5 Å². The maximum absolute atomic E-state index is 14.2. The van der Waals surface area contributed by atoms with Gasteiger partial charge in [0.15, 0.2) is 11.5 Å². The molecule has 220 valence electrons. The van der Waals surface area contributed by atoms with Crippen LogP contribution in [-0.2, 0) is 17.7 Å². The summed E-state index contributed by atoms with van der Waals surface area (Å²) in [6.45, 7) is 9.90. The molecular weight excluding hydrogens is 518 g/mol. The number of H-pyrrole nitrogens is 1. The fraction of sp³-hybridized carbons (Fsp3) is 0.576. The molecule has 1 N–H and O–H groups in total. The van der Waals surface area contributed by atoms with E-state index in [9.17, 15) is 9.59 Å². The van der Waals surface area contributed by atoms with Crippen LogP contribution in [0.2, 0.25) is 0 Å². The molecule has 1 amide bonds. The first-order chi connectivity index (χ1) is 19.6. The van der Waals surface area contributed by atoms with Gasteiger partial charge < -0.3 is 29.0 Å². The largest absolute Gasteiger partial charge is 0.448 e. The summed E-state index contributed by atoms with van der Waals surface area (Å²) in [5.74, 6) is 0.928. The smallest absolute Gasteiger partial charge is 0.254 e. The second-order valence-electron chi connectivity index (χ2n) is 12.7. The van der Waals surface area contributed by atoms with Crippen molar-refractivity contribution < 1.29 is 19.0 Å². The lowest BCUT2D eigenvalue weighted by molar-refractivity contribution is -0.123. The van der Waals surface area contributed by atoms with Crippen LogP contribution in [0.1, 0.15) is 82.9 Å². The third kappa shape index (κ3) is 4.89. The Kier molecular flexibility index (Phi) is 7.27. The van der Waals surface area contributed by atoms with E-state index in [-0.39, 0.29) is 23.9 Å². The van der Waals surface area contributed by atoms with Crippen LogP contribution >= 0.6 is 0 Å². The molecule has 0 spiro atoms. The number of benzene rings is 1. The van der Waals surface area contributed by atoms with E-state index < -0.39 is 5.79 Å². The number of amides is 1. The molecule has 1 saturated carbocycles. The molecule has 1 aliphatic carbocycles. The fourth-order valence-corrected chi connectivity index (χ4v) is 7.37. The molecule has 1 atom stereocenters. The van der Waals surface area contributed by atoms with E-state index in [4.69, 9.17) is 14.2 Å². The van der Waals surface area contributed by atoms with Gasteiger partial charge in [0.1, 0.15) is 0 Å². The van der Waals surface area contributed by atoms with Crippen molar-refractivity contribution in [3.63, 3.8) is 0 Å². The second-order valence-corrected chi connectivity index (χ2v) is 12.7. The van der Waals surface area contributed by atoms with Gasteiger partial charge in [0.05, 0.1) is 25.3 Å². The molecule has 3 aliphatic heterocycles. The Balaban J connectivity index is 1.39. The summed E-state index contributed by atoms with van der Waals surface area (Å²) < 4.78 is 19.3. The summed E-state index contributed by atoms with van der Waals surface area (Å²) in [5, 5.41) is 0. The maximum Gasteiger partial charge on any atom is 0.254 e. The summed E-state index contributed by atoms with van der Waals surface area (Å²) in [7, 11) is 4.31. The minimum atomic E-state index is -0.774. The molecule has 4 heterocycles. The number of aromatic amines is 1. The molecule has 8 heteroatoms. The predicted octanol–water partition coefficient (Wildman–Crippen LogP) is 4.91. The van der Waals surface area contributed by atoms with Crippen LogP contribution in [0.5, 0.6) is 11.5 Å². The SMILES string of the molecule is Cc1cc(C)c(CN2CCc3c(c(C)c4c(c3C3=CCOCC3)OC(C)([C@H]3CC[C@H](N(C)C)CC3)O4)C2=O)c(=O)[nH]1. The molecule has 8 nitrogen and oxygen atoms in total. The molecule has 0 saturated heterocycles. The van der Waals surface area contributed by atoms with E-state index in [1.807, 2.05) is 31.7 Å². The Morgan fingerprint density at radius 1 is 1.02 bits per heavy atom. The van der Waals surface area contributed by atoms with Gasteiger partial charge >= 0.3 is 0 Å². The van der Waals surface area contributed by atoms with Crippen LogP contribution < -0.4 is 15.0 Å². The predicted molar refractivity (Wildman–Crippen MR) is 159 cm³/mol. The lowest BCUT2D eigenvalue weighted by atomic mass is 9.81. The third-order valence-corrected chi connectivity index (χ3v) is 9.79. The van der Waals surface area contributed by atoms with E-state index in [1.54, 1.807) is 0 Å². The van der Waals surface area contributed by atoms with Crippen molar-refractivity contribution in [1.29, 1.82) is 0 Å². The average Bonchev–Trinajstić information content (AvgIpc) is 3.31. The van der Waals surface area contributed by atoms with Gasteiger partial charge in [-0.25, -0.2) is 0 Å². The highest BCUT2D eigenvalue weighted by atomic mass is 16.7. The molecule has 0 radical (unpaired) electrons. The number of nitrogens with zero attached hydrogens (tertiary/aromatic N) is 2. The van der Waals surface area contributed by atoms with Gasteiger partial charge in [-0.3, -0.25) is 9.59 Å². The number of fused-ring (bicyclic) bond motifs is 2. The summed E-state index contributed by atoms with van der Waals surface area (Å²) in [6, 6.07) is 2.55. The van der Waals surface area contributed by atoms with Crippen LogP contribution in [-0.4, -0.2) is 66.4 Å². The van der Waals surface area contributed by atoms with Crippen LogP contribution in [0, 0.1) is 26.7 Å². The number of nitrogens with one attached hydrogen (secondary N) is 1. The summed E-state index contributed by atoms with van der Waals surface area (Å²) >= 11 is 0. The first-order valence-corrected chi connectivity index (χ1v) is 15.1. The zero-order valence-electron chi connectivity index (χ0n) is 25.3. The van der Waals surface area contributed by atoms with Crippen molar-refractivity contribution in [3.05, 3.63) is 61.6 Å². The molecule has 1 unspecified atom stereocenters. The summed E-state index contributed by atoms with van der Waals surface area (Å²) in [4.78, 5) is 34.0. The average molecular weight is 562 g/mol. The first kappa shape index (κ1) is 28.0. The van der Waals surface area contributed by atoms with Crippen LogP contribution in [0.3, 0.4) is 0 Å². The van der Waals surface area contributed by atoms with E-state index in [0.717, 1.165) is 65.8 Å². The van der Waals surface area contributed by atoms with Gasteiger partial charge in [0.25, 0.3) is 17.3 Å². The van der Waals surface area contributed by atoms with Gasteiger partial charge in [-0.2, -0.15) is 0 Å². The molecular formula is C33H43N3O5.